The van der Waals surface area contributed by atoms with Crippen molar-refractivity contribution in [3.63, 3.8) is 0 Å². The van der Waals surface area contributed by atoms with Crippen molar-refractivity contribution in [2.24, 2.45) is 0 Å². The topological polar surface area (TPSA) is 80.6 Å². The number of nitrogens with zero attached hydrogens (tertiary/aromatic N) is 1. The highest BCUT2D eigenvalue weighted by Crippen LogP contribution is 2.32. The Kier molecular flexibility index (Phi) is 8.78. The number of aliphatic carboxylic acids is 1. The third-order valence-electron chi connectivity index (χ3n) is 7.03. The van der Waals surface area contributed by atoms with Gasteiger partial charge in [0.05, 0.1) is 18.3 Å². The highest BCUT2D eigenvalue weighted by atomic mass is 19.1. The van der Waals surface area contributed by atoms with Crippen molar-refractivity contribution in [2.75, 3.05) is 11.9 Å². The predicted octanol–water partition coefficient (Wildman–Crippen LogP) is 7.70. The Hall–Kier alpha value is -5.17. The van der Waals surface area contributed by atoms with Crippen molar-refractivity contribution in [1.29, 1.82) is 0 Å². The molecule has 0 bridgehead atoms. The van der Waals surface area contributed by atoms with E-state index < -0.39 is 11.8 Å². The lowest BCUT2D eigenvalue weighted by Gasteiger charge is -2.21. The molecule has 4 aromatic carbocycles. The van der Waals surface area contributed by atoms with E-state index in [1.807, 2.05) is 25.1 Å². The van der Waals surface area contributed by atoms with Crippen LogP contribution in [0.15, 0.2) is 115 Å². The molecule has 0 spiro atoms. The van der Waals surface area contributed by atoms with Crippen LogP contribution in [0.3, 0.4) is 0 Å². The fourth-order valence-electron chi connectivity index (χ4n) is 4.99. The maximum absolute atomic E-state index is 13.8. The number of fused-ring (bicyclic) bond motifs is 1. The quantitative estimate of drug-likeness (QED) is 0.128. The molecule has 7 heteroatoms. The van der Waals surface area contributed by atoms with Gasteiger partial charge in [-0.25, -0.2) is 4.39 Å². The summed E-state index contributed by atoms with van der Waals surface area (Å²) in [5, 5.41) is 12.6. The van der Waals surface area contributed by atoms with E-state index in [2.05, 4.69) is 82.8 Å². The van der Waals surface area contributed by atoms with Crippen LogP contribution in [-0.2, 0) is 9.59 Å². The minimum absolute atomic E-state index is 0.00872. The van der Waals surface area contributed by atoms with E-state index in [4.69, 9.17) is 9.84 Å². The van der Waals surface area contributed by atoms with Gasteiger partial charge in [-0.15, -0.1) is 0 Å². The maximum atomic E-state index is 13.8. The first-order chi connectivity index (χ1) is 20.4. The number of allylic oxidation sites excluding steroid dienone is 1. The van der Waals surface area contributed by atoms with E-state index in [1.165, 1.54) is 35.4 Å². The van der Waals surface area contributed by atoms with Gasteiger partial charge < -0.3 is 19.7 Å². The second kappa shape index (κ2) is 13.0. The summed E-state index contributed by atoms with van der Waals surface area (Å²) in [6.07, 6.45) is 3.79. The van der Waals surface area contributed by atoms with Crippen LogP contribution in [0.1, 0.15) is 42.5 Å². The first kappa shape index (κ1) is 28.4. The van der Waals surface area contributed by atoms with Crippen molar-refractivity contribution >= 4 is 34.0 Å². The number of halogens is 1. The molecule has 6 nitrogen and oxygen atoms in total. The second-order valence-electron chi connectivity index (χ2n) is 10.0. The molecular weight excluding hydrogens is 531 g/mol. The van der Waals surface area contributed by atoms with Gasteiger partial charge in [0.15, 0.2) is 0 Å². The lowest BCUT2D eigenvalue weighted by Crippen LogP contribution is -2.11. The molecule has 0 radical (unpaired) electrons. The fraction of sp³-hybridized carbons (Fsp3) is 0.143. The normalized spacial score (nSPS) is 11.5. The van der Waals surface area contributed by atoms with Gasteiger partial charge in [0, 0.05) is 35.7 Å². The molecule has 0 aliphatic carbocycles. The summed E-state index contributed by atoms with van der Waals surface area (Å²) in [5.41, 5.74) is 5.41. The summed E-state index contributed by atoms with van der Waals surface area (Å²) < 4.78 is 21.6. The molecule has 2 N–H and O–H groups in total. The van der Waals surface area contributed by atoms with E-state index in [0.717, 1.165) is 22.0 Å². The Labute approximate surface area is 243 Å². The highest BCUT2D eigenvalue weighted by Gasteiger charge is 2.18. The average molecular weight is 563 g/mol. The summed E-state index contributed by atoms with van der Waals surface area (Å²) in [5.74, 6) is -1.70. The number of nitrogens with one attached hydrogen (secondary N) is 1. The molecule has 5 aromatic rings. The lowest BCUT2D eigenvalue weighted by atomic mass is 9.98. The second-order valence-corrected chi connectivity index (χ2v) is 10.0. The molecule has 5 rings (SSSR count). The van der Waals surface area contributed by atoms with Crippen molar-refractivity contribution in [3.05, 3.63) is 138 Å². The van der Waals surface area contributed by atoms with Crippen LogP contribution in [0.5, 0.6) is 5.75 Å². The minimum atomic E-state index is -0.936. The number of amides is 1. The smallest absolute Gasteiger partial charge is 0.303 e. The van der Waals surface area contributed by atoms with Crippen LogP contribution in [0.25, 0.3) is 16.5 Å². The summed E-state index contributed by atoms with van der Waals surface area (Å²) in [7, 11) is 0. The van der Waals surface area contributed by atoms with E-state index in [9.17, 15) is 14.0 Å². The van der Waals surface area contributed by atoms with Crippen LogP contribution in [0.2, 0.25) is 0 Å². The molecule has 0 fully saturated rings. The van der Waals surface area contributed by atoms with Crippen molar-refractivity contribution in [1.82, 2.24) is 4.57 Å². The Morgan fingerprint density at radius 1 is 0.929 bits per heavy atom. The van der Waals surface area contributed by atoms with E-state index >= 15 is 0 Å². The number of rotatable bonds is 11. The van der Waals surface area contributed by atoms with Crippen LogP contribution in [0.4, 0.5) is 10.1 Å². The molecule has 0 aliphatic rings. The standard InChI is InChI=1S/C35H31FN2O4/c1-24(21-33(39)37-30-16-15-29(36)23-32(30)42-20-8-13-34(40)41)27-14-17-31-28(22-27)18-19-38(31)35(25-9-4-2-5-10-25)26-11-6-3-7-12-26/h2-7,9-12,14-19,21-23,35H,8,13,20H2,1H3,(H,37,39)(H,40,41). The number of aromatic nitrogens is 1. The molecule has 1 amide bonds. The largest absolute Gasteiger partial charge is 0.491 e. The van der Waals surface area contributed by atoms with Gasteiger partial charge in [0.1, 0.15) is 11.6 Å². The predicted molar refractivity (Wildman–Crippen MR) is 163 cm³/mol. The molecule has 1 heterocycles. The fourth-order valence-corrected chi connectivity index (χ4v) is 4.99. The van der Waals surface area contributed by atoms with Crippen molar-refractivity contribution in [3.8, 4) is 5.75 Å². The Morgan fingerprint density at radius 3 is 2.29 bits per heavy atom. The zero-order valence-corrected chi connectivity index (χ0v) is 23.2. The van der Waals surface area contributed by atoms with Gasteiger partial charge in [-0.05, 0) is 65.9 Å². The van der Waals surface area contributed by atoms with Crippen LogP contribution >= 0.6 is 0 Å². The number of hydrogen-bond donors (Lipinski definition) is 2. The van der Waals surface area contributed by atoms with Gasteiger partial charge in [-0.3, -0.25) is 9.59 Å². The molecular formula is C35H31FN2O4. The first-order valence-electron chi connectivity index (χ1n) is 13.7. The summed E-state index contributed by atoms with van der Waals surface area (Å²) in [6.45, 7) is 1.95. The number of benzene rings is 4. The van der Waals surface area contributed by atoms with Gasteiger partial charge in [-0.1, -0.05) is 66.7 Å². The summed E-state index contributed by atoms with van der Waals surface area (Å²) >= 11 is 0. The number of carbonyl (C=O) groups is 2. The SMILES string of the molecule is CC(=CC(=O)Nc1ccc(F)cc1OCCCC(=O)O)c1ccc2c(ccn2C(c2ccccc2)c2ccccc2)c1. The highest BCUT2D eigenvalue weighted by molar-refractivity contribution is 6.05. The van der Waals surface area contributed by atoms with Crippen molar-refractivity contribution < 1.29 is 23.8 Å². The number of anilines is 1. The first-order valence-corrected chi connectivity index (χ1v) is 13.7. The third-order valence-corrected chi connectivity index (χ3v) is 7.03. The Balaban J connectivity index is 1.36. The zero-order chi connectivity index (χ0) is 29.5. The number of ether oxygens (including phenoxy) is 1. The molecule has 0 aliphatic heterocycles. The zero-order valence-electron chi connectivity index (χ0n) is 23.2. The molecule has 0 saturated carbocycles. The van der Waals surface area contributed by atoms with E-state index in [-0.39, 0.29) is 37.1 Å². The minimum Gasteiger partial charge on any atom is -0.491 e. The summed E-state index contributed by atoms with van der Waals surface area (Å²) in [6, 6.07) is 32.8. The van der Waals surface area contributed by atoms with Crippen LogP contribution in [0, 0.1) is 5.82 Å². The molecule has 0 atom stereocenters. The third kappa shape index (κ3) is 6.75. The van der Waals surface area contributed by atoms with Gasteiger partial charge >= 0.3 is 5.97 Å². The van der Waals surface area contributed by atoms with Gasteiger partial charge in [0.2, 0.25) is 5.91 Å². The van der Waals surface area contributed by atoms with Crippen molar-refractivity contribution in [2.45, 2.75) is 25.8 Å². The number of carbonyl (C=O) groups excluding carboxylic acids is 1. The van der Waals surface area contributed by atoms with Gasteiger partial charge in [0.25, 0.3) is 0 Å². The maximum Gasteiger partial charge on any atom is 0.303 e. The van der Waals surface area contributed by atoms with Crippen LogP contribution < -0.4 is 10.1 Å². The van der Waals surface area contributed by atoms with E-state index in [0.29, 0.717) is 5.69 Å². The number of carboxylic acids is 1. The molecule has 1 aromatic heterocycles. The van der Waals surface area contributed by atoms with Crippen LogP contribution in [-0.4, -0.2) is 28.2 Å². The number of hydrogen-bond acceptors (Lipinski definition) is 3. The number of carboxylic acid groups (broad SMARTS) is 1. The Morgan fingerprint density at radius 2 is 1.62 bits per heavy atom. The van der Waals surface area contributed by atoms with E-state index in [1.54, 1.807) is 0 Å². The van der Waals surface area contributed by atoms with Gasteiger partial charge in [-0.2, -0.15) is 0 Å². The average Bonchev–Trinajstić information content (AvgIpc) is 3.40. The monoisotopic (exact) mass is 562 g/mol. The lowest BCUT2D eigenvalue weighted by molar-refractivity contribution is -0.137. The molecule has 0 saturated heterocycles. The molecule has 42 heavy (non-hydrogen) atoms. The molecule has 212 valence electrons. The Bertz CT molecular complexity index is 1690. The summed E-state index contributed by atoms with van der Waals surface area (Å²) in [4.78, 5) is 23.6. The molecule has 0 unspecified atom stereocenters.